The number of hydrogen-bond donors (Lipinski definition) is 1. The third-order valence-corrected chi connectivity index (χ3v) is 4.27. The van der Waals surface area contributed by atoms with E-state index in [1.807, 2.05) is 36.2 Å². The normalized spacial score (nSPS) is 15.3. The van der Waals surface area contributed by atoms with Gasteiger partial charge in [0, 0.05) is 19.4 Å². The molecule has 2 heterocycles. The molecule has 3 rings (SSSR count). The van der Waals surface area contributed by atoms with Gasteiger partial charge in [-0.2, -0.15) is 0 Å². The van der Waals surface area contributed by atoms with Crippen molar-refractivity contribution in [2.45, 2.75) is 0 Å². The Morgan fingerprint density at radius 3 is 2.68 bits per heavy atom. The Labute approximate surface area is 149 Å². The number of nitrogens with one attached hydrogen (secondary N) is 1. The van der Waals surface area contributed by atoms with E-state index in [0.717, 1.165) is 28.9 Å². The standard InChI is InChI=1S/C17H16N4O3S/c1-21(15-11-18-6-7-19-15)8-9-24-13-4-2-12(3-5-13)10-14-16(22)20-17(23)25-14/h2-7,10-11H,8-9H2,1H3,(H,20,22,23)/b14-10+. The first kappa shape index (κ1) is 17.0. The van der Waals surface area contributed by atoms with E-state index in [9.17, 15) is 9.59 Å². The number of nitrogens with zero attached hydrogens (tertiary/aromatic N) is 3. The Balaban J connectivity index is 1.52. The fourth-order valence-corrected chi connectivity index (χ4v) is 2.82. The molecule has 1 aliphatic heterocycles. The smallest absolute Gasteiger partial charge is 0.290 e. The number of thioether (sulfide) groups is 1. The van der Waals surface area contributed by atoms with Crippen molar-refractivity contribution >= 4 is 34.8 Å². The molecule has 1 aliphatic rings. The van der Waals surface area contributed by atoms with Crippen molar-refractivity contribution in [1.29, 1.82) is 0 Å². The lowest BCUT2D eigenvalue weighted by atomic mass is 10.2. The maximum Gasteiger partial charge on any atom is 0.290 e. The number of carbonyl (C=O) groups excluding carboxylic acids is 2. The zero-order valence-electron chi connectivity index (χ0n) is 13.5. The molecule has 0 unspecified atom stereocenters. The summed E-state index contributed by atoms with van der Waals surface area (Å²) in [5, 5.41) is 1.88. The highest BCUT2D eigenvalue weighted by Crippen LogP contribution is 2.26. The second-order valence-electron chi connectivity index (χ2n) is 5.25. The summed E-state index contributed by atoms with van der Waals surface area (Å²) in [5.41, 5.74) is 0.830. The summed E-state index contributed by atoms with van der Waals surface area (Å²) < 4.78 is 5.71. The molecule has 25 heavy (non-hydrogen) atoms. The molecule has 0 saturated carbocycles. The van der Waals surface area contributed by atoms with Crippen LogP contribution in [0.5, 0.6) is 5.75 Å². The van der Waals surface area contributed by atoms with E-state index in [2.05, 4.69) is 15.3 Å². The van der Waals surface area contributed by atoms with E-state index in [1.54, 1.807) is 24.7 Å². The van der Waals surface area contributed by atoms with Gasteiger partial charge in [0.05, 0.1) is 17.6 Å². The molecule has 0 radical (unpaired) electrons. The summed E-state index contributed by atoms with van der Waals surface area (Å²) in [4.78, 5) is 33.3. The average molecular weight is 356 g/mol. The number of anilines is 1. The predicted molar refractivity (Wildman–Crippen MR) is 96.3 cm³/mol. The highest BCUT2D eigenvalue weighted by Gasteiger charge is 2.24. The Hall–Kier alpha value is -2.87. The third kappa shape index (κ3) is 4.57. The Morgan fingerprint density at radius 1 is 1.24 bits per heavy atom. The summed E-state index contributed by atoms with van der Waals surface area (Å²) in [6.45, 7) is 1.17. The molecule has 0 spiro atoms. The van der Waals surface area contributed by atoms with Crippen LogP contribution in [0.2, 0.25) is 0 Å². The van der Waals surface area contributed by atoms with Crippen LogP contribution in [0.1, 0.15) is 5.56 Å². The summed E-state index contributed by atoms with van der Waals surface area (Å²) in [7, 11) is 1.92. The van der Waals surface area contributed by atoms with Crippen LogP contribution in [0.15, 0.2) is 47.8 Å². The monoisotopic (exact) mass is 356 g/mol. The fourth-order valence-electron chi connectivity index (χ4n) is 2.14. The first-order valence-electron chi connectivity index (χ1n) is 7.57. The highest BCUT2D eigenvalue weighted by atomic mass is 32.2. The van der Waals surface area contributed by atoms with E-state index in [1.165, 1.54) is 0 Å². The molecule has 2 amide bonds. The molecule has 0 aliphatic carbocycles. The number of likely N-dealkylation sites (N-methyl/N-ethyl adjacent to an activating group) is 1. The lowest BCUT2D eigenvalue weighted by Crippen LogP contribution is -2.24. The van der Waals surface area contributed by atoms with E-state index in [-0.39, 0.29) is 11.1 Å². The van der Waals surface area contributed by atoms with Crippen LogP contribution in [0.25, 0.3) is 6.08 Å². The minimum absolute atomic E-state index is 0.344. The van der Waals surface area contributed by atoms with Crippen LogP contribution in [0, 0.1) is 0 Å². The Kier molecular flexibility index (Phi) is 5.30. The van der Waals surface area contributed by atoms with Crippen LogP contribution in [0.4, 0.5) is 10.6 Å². The summed E-state index contributed by atoms with van der Waals surface area (Å²) in [6.07, 6.45) is 6.66. The van der Waals surface area contributed by atoms with Gasteiger partial charge in [-0.1, -0.05) is 12.1 Å². The molecular formula is C17H16N4O3S. The lowest BCUT2D eigenvalue weighted by Gasteiger charge is -2.17. The predicted octanol–water partition coefficient (Wildman–Crippen LogP) is 2.32. The molecule has 0 bridgehead atoms. The van der Waals surface area contributed by atoms with Gasteiger partial charge < -0.3 is 9.64 Å². The van der Waals surface area contributed by atoms with E-state index < -0.39 is 0 Å². The van der Waals surface area contributed by atoms with Crippen molar-refractivity contribution in [3.63, 3.8) is 0 Å². The number of amides is 2. The van der Waals surface area contributed by atoms with Crippen LogP contribution < -0.4 is 15.0 Å². The van der Waals surface area contributed by atoms with Gasteiger partial charge >= 0.3 is 0 Å². The van der Waals surface area contributed by atoms with E-state index in [0.29, 0.717) is 18.1 Å². The largest absolute Gasteiger partial charge is 0.492 e. The molecule has 1 fully saturated rings. The first-order valence-corrected chi connectivity index (χ1v) is 8.38. The second kappa shape index (κ2) is 7.80. The molecule has 1 aromatic carbocycles. The lowest BCUT2D eigenvalue weighted by molar-refractivity contribution is -0.115. The minimum atomic E-state index is -0.359. The van der Waals surface area contributed by atoms with Crippen LogP contribution in [-0.4, -0.2) is 41.3 Å². The molecule has 1 aromatic heterocycles. The molecule has 0 atom stereocenters. The number of benzene rings is 1. The topological polar surface area (TPSA) is 84.4 Å². The van der Waals surface area contributed by atoms with Crippen LogP contribution in [-0.2, 0) is 4.79 Å². The number of imide groups is 1. The van der Waals surface area contributed by atoms with Gasteiger partial charge in [-0.3, -0.25) is 19.9 Å². The Morgan fingerprint density at radius 2 is 2.04 bits per heavy atom. The quantitative estimate of drug-likeness (QED) is 0.795. The van der Waals surface area contributed by atoms with Gasteiger partial charge in [-0.05, 0) is 35.5 Å². The van der Waals surface area contributed by atoms with Crippen molar-refractivity contribution < 1.29 is 14.3 Å². The van der Waals surface area contributed by atoms with Gasteiger partial charge in [0.2, 0.25) is 0 Å². The molecule has 2 aromatic rings. The fraction of sp³-hybridized carbons (Fsp3) is 0.176. The Bertz CT molecular complexity index is 793. The van der Waals surface area contributed by atoms with Gasteiger partial charge in [0.25, 0.3) is 11.1 Å². The van der Waals surface area contributed by atoms with Gasteiger partial charge in [0.15, 0.2) is 0 Å². The number of rotatable bonds is 6. The number of ether oxygens (including phenoxy) is 1. The van der Waals surface area contributed by atoms with Crippen molar-refractivity contribution in [2.75, 3.05) is 25.1 Å². The van der Waals surface area contributed by atoms with Gasteiger partial charge in [-0.25, -0.2) is 4.98 Å². The van der Waals surface area contributed by atoms with Crippen molar-refractivity contribution in [3.8, 4) is 5.75 Å². The van der Waals surface area contributed by atoms with E-state index >= 15 is 0 Å². The zero-order chi connectivity index (χ0) is 17.6. The molecule has 1 N–H and O–H groups in total. The maximum absolute atomic E-state index is 11.5. The molecular weight excluding hydrogens is 340 g/mol. The minimum Gasteiger partial charge on any atom is -0.492 e. The van der Waals surface area contributed by atoms with E-state index in [4.69, 9.17) is 4.74 Å². The second-order valence-corrected chi connectivity index (χ2v) is 6.27. The van der Waals surface area contributed by atoms with Crippen molar-refractivity contribution in [2.24, 2.45) is 0 Å². The van der Waals surface area contributed by atoms with Crippen molar-refractivity contribution in [1.82, 2.24) is 15.3 Å². The molecule has 1 saturated heterocycles. The van der Waals surface area contributed by atoms with Crippen LogP contribution in [0.3, 0.4) is 0 Å². The summed E-state index contributed by atoms with van der Waals surface area (Å²) >= 11 is 0.901. The third-order valence-electron chi connectivity index (χ3n) is 3.46. The number of carbonyl (C=O) groups is 2. The average Bonchev–Trinajstić information content (AvgIpc) is 2.94. The molecule has 128 valence electrons. The van der Waals surface area contributed by atoms with Crippen LogP contribution >= 0.6 is 11.8 Å². The maximum atomic E-state index is 11.5. The summed E-state index contributed by atoms with van der Waals surface area (Å²) in [5.74, 6) is 1.16. The van der Waals surface area contributed by atoms with Gasteiger partial charge in [-0.15, -0.1) is 0 Å². The first-order chi connectivity index (χ1) is 12.1. The van der Waals surface area contributed by atoms with Gasteiger partial charge in [0.1, 0.15) is 18.2 Å². The SMILES string of the molecule is CN(CCOc1ccc(/C=C2/SC(=O)NC2=O)cc1)c1cnccn1. The summed E-state index contributed by atoms with van der Waals surface area (Å²) in [6, 6.07) is 7.33. The number of hydrogen-bond acceptors (Lipinski definition) is 7. The molecule has 8 heteroatoms. The highest BCUT2D eigenvalue weighted by molar-refractivity contribution is 8.18. The number of aromatic nitrogens is 2. The zero-order valence-corrected chi connectivity index (χ0v) is 14.3. The van der Waals surface area contributed by atoms with Crippen molar-refractivity contribution in [3.05, 3.63) is 53.3 Å². The molecule has 7 nitrogen and oxygen atoms in total.